The zero-order valence-electron chi connectivity index (χ0n) is 31.8. The Morgan fingerprint density at radius 1 is 0.920 bits per heavy atom. The number of fused-ring (bicyclic) bond motifs is 7. The number of aliphatic hydroxyl groups is 2. The highest BCUT2D eigenvalue weighted by atomic mass is 16.5. The summed E-state index contributed by atoms with van der Waals surface area (Å²) < 4.78 is 16.4. The molecule has 276 valence electrons. The van der Waals surface area contributed by atoms with Gasteiger partial charge >= 0.3 is 11.9 Å². The summed E-state index contributed by atoms with van der Waals surface area (Å²) in [5, 5.41) is 23.1. The first kappa shape index (κ1) is 37.1. The number of methoxy groups -OCH3 is 2. The fraction of sp³-hybridized carbons (Fsp3) is 0.721. The van der Waals surface area contributed by atoms with E-state index < -0.39 is 22.9 Å². The van der Waals surface area contributed by atoms with Crippen LogP contribution < -0.4 is 4.74 Å². The van der Waals surface area contributed by atoms with Crippen molar-refractivity contribution in [3.05, 3.63) is 47.6 Å². The van der Waals surface area contributed by atoms with E-state index in [0.717, 1.165) is 62.7 Å². The lowest BCUT2D eigenvalue weighted by atomic mass is 9.33. The summed E-state index contributed by atoms with van der Waals surface area (Å²) in [6.45, 7) is 14.5. The average molecular weight is 691 g/mol. The minimum atomic E-state index is -0.611. The molecule has 0 spiro atoms. The molecule has 5 aliphatic rings. The maximum absolute atomic E-state index is 13.6. The van der Waals surface area contributed by atoms with Gasteiger partial charge in [-0.05, 0) is 139 Å². The molecule has 0 amide bonds. The molecule has 4 fully saturated rings. The van der Waals surface area contributed by atoms with Crippen molar-refractivity contribution in [2.24, 2.45) is 56.2 Å². The third-order valence-electron chi connectivity index (χ3n) is 15.8. The molecule has 7 heteroatoms. The van der Waals surface area contributed by atoms with Gasteiger partial charge in [-0.3, -0.25) is 4.79 Å². The number of hydrogen-bond acceptors (Lipinski definition) is 7. The minimum absolute atomic E-state index is 0.000868. The Balaban J connectivity index is 1.22. The summed E-state index contributed by atoms with van der Waals surface area (Å²) >= 11 is 0. The predicted octanol–water partition coefficient (Wildman–Crippen LogP) is 8.18. The number of carbonyl (C=O) groups is 2. The fourth-order valence-corrected chi connectivity index (χ4v) is 12.8. The van der Waals surface area contributed by atoms with Crippen molar-refractivity contribution in [3.8, 4) is 5.75 Å². The molecule has 0 unspecified atom stereocenters. The van der Waals surface area contributed by atoms with E-state index in [1.807, 2.05) is 24.3 Å². The molecular formula is C43H62O7. The Labute approximate surface area is 300 Å². The minimum Gasteiger partial charge on any atom is -0.497 e. The SMILES string of the molecule is COC(=O)[C@]12CCC(C)(C)C[C@H]1C1=CC[C@H]3[C@@]4(C)C[C@@H](O)[C@@H](CCOC(=O)/C=C\c5ccc(OC)cc5)[C@@](C)(CO)[C@@H]4CC[C@@]3(C)[C@]1(C)CC2. The van der Waals surface area contributed by atoms with Gasteiger partial charge in [-0.25, -0.2) is 4.79 Å². The number of allylic oxidation sites excluding steroid dienone is 2. The first-order valence-corrected chi connectivity index (χ1v) is 19.1. The van der Waals surface area contributed by atoms with Crippen molar-refractivity contribution in [2.75, 3.05) is 27.4 Å². The highest BCUT2D eigenvalue weighted by Crippen LogP contribution is 2.76. The van der Waals surface area contributed by atoms with Crippen molar-refractivity contribution in [2.45, 2.75) is 112 Å². The lowest BCUT2D eigenvalue weighted by molar-refractivity contribution is -0.230. The van der Waals surface area contributed by atoms with Crippen molar-refractivity contribution < 1.29 is 34.0 Å². The monoisotopic (exact) mass is 690 g/mol. The van der Waals surface area contributed by atoms with Gasteiger partial charge in [-0.15, -0.1) is 0 Å². The Hall–Kier alpha value is -2.64. The third-order valence-corrected chi connectivity index (χ3v) is 15.8. The van der Waals surface area contributed by atoms with E-state index in [2.05, 4.69) is 47.6 Å². The molecular weight excluding hydrogens is 628 g/mol. The highest BCUT2D eigenvalue weighted by molar-refractivity contribution is 5.87. The first-order valence-electron chi connectivity index (χ1n) is 19.1. The number of carbonyl (C=O) groups excluding carboxylic acids is 2. The maximum Gasteiger partial charge on any atom is 0.330 e. The van der Waals surface area contributed by atoms with E-state index in [9.17, 15) is 19.8 Å². The number of benzene rings is 1. The number of esters is 2. The van der Waals surface area contributed by atoms with Gasteiger partial charge in [0.25, 0.3) is 0 Å². The molecule has 0 heterocycles. The second kappa shape index (κ2) is 13.1. The quantitative estimate of drug-likeness (QED) is 0.161. The van der Waals surface area contributed by atoms with Crippen LogP contribution in [0.1, 0.15) is 111 Å². The Kier molecular flexibility index (Phi) is 9.72. The zero-order chi connectivity index (χ0) is 36.3. The van der Waals surface area contributed by atoms with Crippen LogP contribution in [0.3, 0.4) is 0 Å². The molecule has 0 saturated heterocycles. The number of aliphatic hydroxyl groups excluding tert-OH is 2. The van der Waals surface area contributed by atoms with Crippen LogP contribution in [0, 0.1) is 56.2 Å². The molecule has 4 saturated carbocycles. The molecule has 10 atom stereocenters. The molecule has 0 aliphatic heterocycles. The van der Waals surface area contributed by atoms with Gasteiger partial charge in [-0.1, -0.05) is 65.3 Å². The highest BCUT2D eigenvalue weighted by Gasteiger charge is 2.70. The van der Waals surface area contributed by atoms with Crippen LogP contribution in [-0.4, -0.2) is 55.7 Å². The zero-order valence-corrected chi connectivity index (χ0v) is 31.8. The average Bonchev–Trinajstić information content (AvgIpc) is 3.08. The third kappa shape index (κ3) is 5.68. The van der Waals surface area contributed by atoms with Crippen LogP contribution in [0.2, 0.25) is 0 Å². The van der Waals surface area contributed by atoms with Crippen molar-refractivity contribution >= 4 is 18.0 Å². The Morgan fingerprint density at radius 3 is 2.28 bits per heavy atom. The van der Waals surface area contributed by atoms with Crippen molar-refractivity contribution in [1.29, 1.82) is 0 Å². The second-order valence-corrected chi connectivity index (χ2v) is 18.5. The summed E-state index contributed by atoms with van der Waals surface area (Å²) in [4.78, 5) is 26.2. The standard InChI is InChI=1S/C43H62O7/c1-38(2)20-22-43(37(47)49-8)23-21-41(5)30(32(43)25-38)14-15-35-39(3)26-33(45)31(40(4,27-44)34(39)17-19-42(35,41)6)18-24-50-36(46)16-11-28-9-12-29(48-7)13-10-28/h9-14,16,31-35,44-45H,15,17-27H2,1-8H3/b16-11-/t31-,32+,33-,34-,35+,39+,40-,41-,42-,43+/m1/s1. The van der Waals surface area contributed by atoms with Gasteiger partial charge in [0, 0.05) is 12.7 Å². The van der Waals surface area contributed by atoms with Crippen LogP contribution in [0.4, 0.5) is 0 Å². The topological polar surface area (TPSA) is 102 Å². The molecule has 0 bridgehead atoms. The molecule has 5 aliphatic carbocycles. The second-order valence-electron chi connectivity index (χ2n) is 18.5. The van der Waals surface area contributed by atoms with E-state index in [4.69, 9.17) is 14.2 Å². The van der Waals surface area contributed by atoms with E-state index >= 15 is 0 Å². The van der Waals surface area contributed by atoms with Crippen LogP contribution in [0.25, 0.3) is 6.08 Å². The smallest absolute Gasteiger partial charge is 0.330 e. The van der Waals surface area contributed by atoms with E-state index in [0.29, 0.717) is 18.8 Å². The molecule has 6 rings (SSSR count). The van der Waals surface area contributed by atoms with Crippen LogP contribution in [-0.2, 0) is 19.1 Å². The van der Waals surface area contributed by atoms with Crippen LogP contribution >= 0.6 is 0 Å². The van der Waals surface area contributed by atoms with E-state index in [1.165, 1.54) is 11.6 Å². The van der Waals surface area contributed by atoms with Gasteiger partial charge in [-0.2, -0.15) is 0 Å². The molecule has 1 aromatic carbocycles. The number of ether oxygens (including phenoxy) is 3. The fourth-order valence-electron chi connectivity index (χ4n) is 12.8. The molecule has 0 radical (unpaired) electrons. The van der Waals surface area contributed by atoms with Crippen LogP contribution in [0.5, 0.6) is 5.75 Å². The lowest BCUT2D eigenvalue weighted by Crippen LogP contribution is -2.67. The number of hydrogen-bond donors (Lipinski definition) is 2. The van der Waals surface area contributed by atoms with E-state index in [1.54, 1.807) is 20.3 Å². The number of rotatable bonds is 8. The molecule has 2 N–H and O–H groups in total. The van der Waals surface area contributed by atoms with Gasteiger partial charge in [0.2, 0.25) is 0 Å². The largest absolute Gasteiger partial charge is 0.497 e. The van der Waals surface area contributed by atoms with Crippen LogP contribution in [0.15, 0.2) is 42.0 Å². The summed E-state index contributed by atoms with van der Waals surface area (Å²) in [6.07, 6.45) is 14.0. The first-order chi connectivity index (χ1) is 23.5. The van der Waals surface area contributed by atoms with Crippen molar-refractivity contribution in [1.82, 2.24) is 0 Å². The molecule has 50 heavy (non-hydrogen) atoms. The van der Waals surface area contributed by atoms with Gasteiger partial charge in [0.05, 0.1) is 32.3 Å². The molecule has 7 nitrogen and oxygen atoms in total. The molecule has 1 aromatic rings. The van der Waals surface area contributed by atoms with Gasteiger partial charge in [0.1, 0.15) is 5.75 Å². The maximum atomic E-state index is 13.6. The van der Waals surface area contributed by atoms with Crippen molar-refractivity contribution in [3.63, 3.8) is 0 Å². The van der Waals surface area contributed by atoms with Gasteiger partial charge < -0.3 is 24.4 Å². The Bertz CT molecular complexity index is 1510. The van der Waals surface area contributed by atoms with E-state index in [-0.39, 0.29) is 58.6 Å². The predicted molar refractivity (Wildman–Crippen MR) is 195 cm³/mol. The summed E-state index contributed by atoms with van der Waals surface area (Å²) in [6, 6.07) is 7.45. The Morgan fingerprint density at radius 2 is 1.62 bits per heavy atom. The lowest BCUT2D eigenvalue weighted by Gasteiger charge is -2.72. The molecule has 0 aromatic heterocycles. The summed E-state index contributed by atoms with van der Waals surface area (Å²) in [5.74, 6) is 0.886. The van der Waals surface area contributed by atoms with Gasteiger partial charge in [0.15, 0.2) is 0 Å². The normalized spacial score (nSPS) is 41.9. The summed E-state index contributed by atoms with van der Waals surface area (Å²) in [5.41, 5.74) is 1.37. The summed E-state index contributed by atoms with van der Waals surface area (Å²) in [7, 11) is 3.17.